The molecular formula is C19H27N5O2S2. The van der Waals surface area contributed by atoms with Crippen LogP contribution in [-0.4, -0.2) is 40.4 Å². The Morgan fingerprint density at radius 3 is 2.46 bits per heavy atom. The Morgan fingerprint density at radius 1 is 1.14 bits per heavy atom. The van der Waals surface area contributed by atoms with Gasteiger partial charge in [-0.3, -0.25) is 9.59 Å². The number of hydrogen-bond acceptors (Lipinski definition) is 7. The van der Waals surface area contributed by atoms with Gasteiger partial charge in [-0.1, -0.05) is 55.1 Å². The van der Waals surface area contributed by atoms with Crippen molar-refractivity contribution in [2.75, 3.05) is 23.7 Å². The van der Waals surface area contributed by atoms with Crippen LogP contribution in [0, 0.1) is 19.8 Å². The number of nitrogens with one attached hydrogen (secondary N) is 3. The van der Waals surface area contributed by atoms with Crippen LogP contribution in [0.3, 0.4) is 0 Å². The third-order valence-corrected chi connectivity index (χ3v) is 5.95. The van der Waals surface area contributed by atoms with E-state index >= 15 is 0 Å². The van der Waals surface area contributed by atoms with Crippen LogP contribution in [0.25, 0.3) is 0 Å². The molecule has 0 saturated heterocycles. The van der Waals surface area contributed by atoms with Crippen LogP contribution < -0.4 is 16.0 Å². The van der Waals surface area contributed by atoms with Gasteiger partial charge in [0.05, 0.1) is 11.8 Å². The number of rotatable bonds is 9. The molecule has 0 bridgehead atoms. The number of carbonyl (C=O) groups is 2. The van der Waals surface area contributed by atoms with E-state index in [2.05, 4.69) is 40.0 Å². The number of carbonyl (C=O) groups excluding carboxylic acids is 2. The maximum absolute atomic E-state index is 12.3. The molecule has 0 spiro atoms. The highest BCUT2D eigenvalue weighted by atomic mass is 32.2. The van der Waals surface area contributed by atoms with E-state index in [0.29, 0.717) is 10.3 Å². The topological polar surface area (TPSA) is 96.0 Å². The van der Waals surface area contributed by atoms with E-state index in [1.165, 1.54) is 23.1 Å². The number of aryl methyl sites for hydroxylation is 2. The van der Waals surface area contributed by atoms with E-state index in [0.717, 1.165) is 28.5 Å². The summed E-state index contributed by atoms with van der Waals surface area (Å²) in [7, 11) is 0. The third-order valence-electron chi connectivity index (χ3n) is 3.88. The van der Waals surface area contributed by atoms with Gasteiger partial charge >= 0.3 is 0 Å². The van der Waals surface area contributed by atoms with Gasteiger partial charge < -0.3 is 16.0 Å². The molecular weight excluding hydrogens is 394 g/mol. The van der Waals surface area contributed by atoms with Crippen LogP contribution in [0.5, 0.6) is 0 Å². The minimum Gasteiger partial charge on any atom is -0.360 e. The summed E-state index contributed by atoms with van der Waals surface area (Å²) < 4.78 is 0.717. The van der Waals surface area contributed by atoms with Crippen molar-refractivity contribution in [1.29, 1.82) is 0 Å². The molecule has 1 atom stereocenters. The van der Waals surface area contributed by atoms with Gasteiger partial charge in [-0.2, -0.15) is 0 Å². The number of anilines is 2. The fraction of sp³-hybridized carbons (Fsp3) is 0.474. The predicted octanol–water partition coefficient (Wildman–Crippen LogP) is 3.46. The van der Waals surface area contributed by atoms with Crippen molar-refractivity contribution in [2.24, 2.45) is 5.92 Å². The Hall–Kier alpha value is -2.13. The molecule has 0 aliphatic rings. The molecule has 2 amide bonds. The quantitative estimate of drug-likeness (QED) is 0.537. The van der Waals surface area contributed by atoms with Gasteiger partial charge in [-0.05, 0) is 37.8 Å². The normalized spacial score (nSPS) is 11.9. The first kappa shape index (κ1) is 22.2. The number of thioether (sulfide) groups is 1. The molecule has 1 heterocycles. The molecule has 28 heavy (non-hydrogen) atoms. The molecule has 0 radical (unpaired) electrons. The van der Waals surface area contributed by atoms with Crippen molar-refractivity contribution in [3.63, 3.8) is 0 Å². The summed E-state index contributed by atoms with van der Waals surface area (Å²) in [6.07, 6.45) is 0. The van der Waals surface area contributed by atoms with Crippen molar-refractivity contribution in [1.82, 2.24) is 15.5 Å². The Balaban J connectivity index is 1.80. The van der Waals surface area contributed by atoms with E-state index in [1.54, 1.807) is 6.92 Å². The number of amides is 2. The zero-order valence-electron chi connectivity index (χ0n) is 16.8. The molecule has 3 N–H and O–H groups in total. The summed E-state index contributed by atoms with van der Waals surface area (Å²) in [4.78, 5) is 24.5. The van der Waals surface area contributed by atoms with E-state index in [4.69, 9.17) is 0 Å². The zero-order chi connectivity index (χ0) is 20.7. The molecule has 0 fully saturated rings. The van der Waals surface area contributed by atoms with Gasteiger partial charge in [0.1, 0.15) is 0 Å². The van der Waals surface area contributed by atoms with Gasteiger partial charge in [-0.25, -0.2) is 0 Å². The zero-order valence-corrected chi connectivity index (χ0v) is 18.5. The highest BCUT2D eigenvalue weighted by Gasteiger charge is 2.18. The van der Waals surface area contributed by atoms with Crippen LogP contribution in [0.1, 0.15) is 31.9 Å². The lowest BCUT2D eigenvalue weighted by atomic mass is 10.1. The van der Waals surface area contributed by atoms with E-state index in [-0.39, 0.29) is 23.6 Å². The second-order valence-corrected chi connectivity index (χ2v) is 9.51. The largest absolute Gasteiger partial charge is 0.360 e. The Labute approximate surface area is 174 Å². The molecule has 0 saturated carbocycles. The summed E-state index contributed by atoms with van der Waals surface area (Å²) in [6, 6.07) is 5.82. The van der Waals surface area contributed by atoms with Crippen molar-refractivity contribution >= 4 is 45.7 Å². The summed E-state index contributed by atoms with van der Waals surface area (Å²) in [5.74, 6) is 0.0481. The molecule has 152 valence electrons. The first-order chi connectivity index (χ1) is 13.3. The third kappa shape index (κ3) is 6.79. The molecule has 7 nitrogen and oxygen atoms in total. The summed E-state index contributed by atoms with van der Waals surface area (Å²) in [5.41, 5.74) is 2.77. The van der Waals surface area contributed by atoms with E-state index < -0.39 is 0 Å². The van der Waals surface area contributed by atoms with Crippen LogP contribution in [-0.2, 0) is 9.59 Å². The van der Waals surface area contributed by atoms with Crippen molar-refractivity contribution in [3.8, 4) is 0 Å². The minimum atomic E-state index is -0.376. The standard InChI is InChI=1S/C19H27N5O2S2/c1-11(2)9-21-18-23-24-19(28-18)27-14(5)17(26)20-10-15(25)22-16-12(3)7-6-8-13(16)4/h6-8,11,14H,9-10H2,1-5H3,(H,20,26)(H,21,23)(H,22,25). The predicted molar refractivity (Wildman–Crippen MR) is 116 cm³/mol. The Bertz CT molecular complexity index is 802. The number of nitrogens with zero attached hydrogens (tertiary/aromatic N) is 2. The van der Waals surface area contributed by atoms with Gasteiger partial charge in [0.25, 0.3) is 0 Å². The van der Waals surface area contributed by atoms with E-state index in [1.807, 2.05) is 32.0 Å². The number of para-hydroxylation sites is 1. The number of benzene rings is 1. The monoisotopic (exact) mass is 421 g/mol. The Kier molecular flexibility index (Phi) is 8.25. The second kappa shape index (κ2) is 10.4. The SMILES string of the molecule is Cc1cccc(C)c1NC(=O)CNC(=O)C(C)Sc1nnc(NCC(C)C)s1. The number of aromatic nitrogens is 2. The molecule has 9 heteroatoms. The average molecular weight is 422 g/mol. The van der Waals surface area contributed by atoms with Crippen LogP contribution in [0.2, 0.25) is 0 Å². The van der Waals surface area contributed by atoms with E-state index in [9.17, 15) is 9.59 Å². The second-order valence-electron chi connectivity index (χ2n) is 6.94. The Morgan fingerprint density at radius 2 is 1.82 bits per heavy atom. The van der Waals surface area contributed by atoms with Crippen molar-refractivity contribution in [2.45, 2.75) is 44.2 Å². The van der Waals surface area contributed by atoms with Crippen molar-refractivity contribution < 1.29 is 9.59 Å². The van der Waals surface area contributed by atoms with Crippen LogP contribution >= 0.6 is 23.1 Å². The van der Waals surface area contributed by atoms with Gasteiger partial charge in [0, 0.05) is 12.2 Å². The van der Waals surface area contributed by atoms with Gasteiger partial charge in [0.2, 0.25) is 16.9 Å². The van der Waals surface area contributed by atoms with Gasteiger partial charge in [0.15, 0.2) is 4.34 Å². The lowest BCUT2D eigenvalue weighted by Crippen LogP contribution is -2.37. The molecule has 0 aliphatic heterocycles. The lowest BCUT2D eigenvalue weighted by molar-refractivity contribution is -0.123. The molecule has 1 unspecified atom stereocenters. The van der Waals surface area contributed by atoms with Crippen LogP contribution in [0.15, 0.2) is 22.5 Å². The maximum Gasteiger partial charge on any atom is 0.243 e. The smallest absolute Gasteiger partial charge is 0.243 e. The summed E-state index contributed by atoms with van der Waals surface area (Å²) >= 11 is 2.75. The summed E-state index contributed by atoms with van der Waals surface area (Å²) in [5, 5.41) is 17.3. The molecule has 0 aliphatic carbocycles. The maximum atomic E-state index is 12.3. The first-order valence-corrected chi connectivity index (χ1v) is 10.8. The fourth-order valence-electron chi connectivity index (χ4n) is 2.33. The highest BCUT2D eigenvalue weighted by molar-refractivity contribution is 8.02. The first-order valence-electron chi connectivity index (χ1n) is 9.14. The summed E-state index contributed by atoms with van der Waals surface area (Å²) in [6.45, 7) is 10.6. The lowest BCUT2D eigenvalue weighted by Gasteiger charge is -2.13. The average Bonchev–Trinajstić information content (AvgIpc) is 3.08. The molecule has 2 rings (SSSR count). The fourth-order valence-corrected chi connectivity index (χ4v) is 4.26. The molecule has 1 aromatic carbocycles. The molecule has 1 aromatic heterocycles. The van der Waals surface area contributed by atoms with Crippen LogP contribution in [0.4, 0.5) is 10.8 Å². The number of hydrogen-bond donors (Lipinski definition) is 3. The van der Waals surface area contributed by atoms with Gasteiger partial charge in [-0.15, -0.1) is 10.2 Å². The van der Waals surface area contributed by atoms with Crippen molar-refractivity contribution in [3.05, 3.63) is 29.3 Å². The molecule has 2 aromatic rings. The minimum absolute atomic E-state index is 0.0746. The highest BCUT2D eigenvalue weighted by Crippen LogP contribution is 2.29.